The largest absolute Gasteiger partial charge is 0.359 e. The third-order valence-electron chi connectivity index (χ3n) is 4.10. The van der Waals surface area contributed by atoms with Crippen molar-refractivity contribution in [2.75, 3.05) is 26.2 Å². The maximum Gasteiger partial charge on any atom is 0.239 e. The fraction of sp³-hybridized carbons (Fsp3) is 0.692. The second-order valence-electron chi connectivity index (χ2n) is 5.27. The lowest BCUT2D eigenvalue weighted by atomic mass is 10.0. The van der Waals surface area contributed by atoms with Crippen molar-refractivity contribution in [2.24, 2.45) is 0 Å². The Balaban J connectivity index is 1.70. The van der Waals surface area contributed by atoms with Gasteiger partial charge in [-0.05, 0) is 18.9 Å². The number of nitrogens with one attached hydrogen (secondary N) is 1. The first kappa shape index (κ1) is 13.3. The van der Waals surface area contributed by atoms with E-state index in [1.165, 1.54) is 0 Å². The molecule has 0 aromatic heterocycles. The molecule has 0 aromatic carbocycles. The summed E-state index contributed by atoms with van der Waals surface area (Å²) in [4.78, 5) is 0.547. The molecule has 2 heterocycles. The van der Waals surface area contributed by atoms with Crippen molar-refractivity contribution in [1.82, 2.24) is 9.62 Å². The highest BCUT2D eigenvalue weighted by molar-refractivity contribution is 7.93. The molecule has 5 nitrogen and oxygen atoms in total. The van der Waals surface area contributed by atoms with E-state index in [2.05, 4.69) is 5.32 Å². The number of hydrogen-bond donors (Lipinski definition) is 1. The van der Waals surface area contributed by atoms with Gasteiger partial charge >= 0.3 is 0 Å². The quantitative estimate of drug-likeness (QED) is 0.820. The van der Waals surface area contributed by atoms with Gasteiger partial charge in [0.15, 0.2) is 0 Å². The van der Waals surface area contributed by atoms with Gasteiger partial charge in [-0.1, -0.05) is 12.2 Å². The van der Waals surface area contributed by atoms with Gasteiger partial charge in [0.05, 0.1) is 11.5 Å². The minimum Gasteiger partial charge on any atom is -0.359 e. The zero-order valence-electron chi connectivity index (χ0n) is 11.0. The Hall–Kier alpha value is -0.690. The molecule has 19 heavy (non-hydrogen) atoms. The van der Waals surface area contributed by atoms with Gasteiger partial charge in [-0.2, -0.15) is 4.31 Å². The van der Waals surface area contributed by atoms with E-state index in [1.807, 2.05) is 12.2 Å². The molecule has 1 N–H and O–H groups in total. The summed E-state index contributed by atoms with van der Waals surface area (Å²) in [7, 11) is -3.27. The lowest BCUT2D eigenvalue weighted by Gasteiger charge is -2.38. The molecule has 0 bridgehead atoms. The second-order valence-corrected chi connectivity index (χ2v) is 7.26. The molecule has 6 heteroatoms. The Labute approximate surface area is 114 Å². The van der Waals surface area contributed by atoms with E-state index in [0.717, 1.165) is 32.4 Å². The molecular formula is C13H20N2O3S. The molecule has 1 aliphatic carbocycles. The third-order valence-corrected chi connectivity index (χ3v) is 6.15. The molecule has 106 valence electrons. The normalized spacial score (nSPS) is 27.7. The molecule has 0 saturated carbocycles. The van der Waals surface area contributed by atoms with Crippen LogP contribution in [0.1, 0.15) is 25.7 Å². The fourth-order valence-corrected chi connectivity index (χ4v) is 4.57. The number of rotatable bonds is 2. The van der Waals surface area contributed by atoms with Crippen LogP contribution in [0.2, 0.25) is 0 Å². The van der Waals surface area contributed by atoms with Crippen LogP contribution in [0, 0.1) is 0 Å². The van der Waals surface area contributed by atoms with Crippen LogP contribution in [-0.4, -0.2) is 44.7 Å². The molecule has 0 amide bonds. The Morgan fingerprint density at radius 2 is 2.11 bits per heavy atom. The average Bonchev–Trinajstić information content (AvgIpc) is 2.89. The molecule has 2 fully saturated rings. The van der Waals surface area contributed by atoms with E-state index in [0.29, 0.717) is 24.4 Å². The number of allylic oxidation sites excluding steroid dienone is 4. The van der Waals surface area contributed by atoms with Gasteiger partial charge in [-0.3, -0.25) is 5.32 Å². The first-order chi connectivity index (χ1) is 9.12. The van der Waals surface area contributed by atoms with Gasteiger partial charge < -0.3 is 4.74 Å². The zero-order chi connectivity index (χ0) is 13.3. The van der Waals surface area contributed by atoms with E-state index < -0.39 is 10.0 Å². The Morgan fingerprint density at radius 3 is 2.68 bits per heavy atom. The topological polar surface area (TPSA) is 58.6 Å². The Morgan fingerprint density at radius 1 is 1.32 bits per heavy atom. The average molecular weight is 284 g/mol. The minimum absolute atomic E-state index is 0.271. The molecule has 1 spiro atoms. The van der Waals surface area contributed by atoms with Crippen molar-refractivity contribution in [3.05, 3.63) is 23.1 Å². The second kappa shape index (κ2) is 5.01. The van der Waals surface area contributed by atoms with Crippen molar-refractivity contribution in [2.45, 2.75) is 31.4 Å². The minimum atomic E-state index is -3.27. The standard InChI is InChI=1S/C13H20N2O3S/c16-19(17,12-4-2-1-3-5-12)15-9-6-13(7-10-15)14-8-11-18-13/h1-2,4,14H,3,5-11H2. The van der Waals surface area contributed by atoms with Crippen LogP contribution in [0.25, 0.3) is 0 Å². The van der Waals surface area contributed by atoms with Gasteiger partial charge in [0.2, 0.25) is 10.0 Å². The van der Waals surface area contributed by atoms with E-state index in [9.17, 15) is 8.42 Å². The van der Waals surface area contributed by atoms with Crippen LogP contribution in [0.3, 0.4) is 0 Å². The van der Waals surface area contributed by atoms with Crippen molar-refractivity contribution in [3.63, 3.8) is 0 Å². The molecule has 0 atom stereocenters. The first-order valence-electron chi connectivity index (χ1n) is 6.87. The van der Waals surface area contributed by atoms with Crippen molar-refractivity contribution in [3.8, 4) is 0 Å². The number of sulfonamides is 1. The van der Waals surface area contributed by atoms with E-state index in [1.54, 1.807) is 10.4 Å². The van der Waals surface area contributed by atoms with Gasteiger partial charge in [0.1, 0.15) is 5.72 Å². The van der Waals surface area contributed by atoms with Gasteiger partial charge in [-0.25, -0.2) is 8.42 Å². The molecular weight excluding hydrogens is 264 g/mol. The van der Waals surface area contributed by atoms with Crippen LogP contribution in [0.4, 0.5) is 0 Å². The summed E-state index contributed by atoms with van der Waals surface area (Å²) in [6.45, 7) is 2.66. The Kier molecular flexibility index (Phi) is 3.51. The number of hydrogen-bond acceptors (Lipinski definition) is 4. The fourth-order valence-electron chi connectivity index (χ4n) is 2.95. The van der Waals surface area contributed by atoms with Crippen LogP contribution in [0.15, 0.2) is 23.1 Å². The Bertz CT molecular complexity index is 494. The van der Waals surface area contributed by atoms with Gasteiger partial charge in [0.25, 0.3) is 0 Å². The molecule has 3 rings (SSSR count). The van der Waals surface area contributed by atoms with Crippen LogP contribution < -0.4 is 5.32 Å². The SMILES string of the molecule is O=S(=O)(C1=CC=CCC1)N1CCC2(CC1)NCCO2. The van der Waals surface area contributed by atoms with E-state index >= 15 is 0 Å². The third kappa shape index (κ3) is 2.50. The van der Waals surface area contributed by atoms with E-state index in [4.69, 9.17) is 4.74 Å². The molecule has 2 saturated heterocycles. The summed E-state index contributed by atoms with van der Waals surface area (Å²) in [5.74, 6) is 0. The maximum atomic E-state index is 12.5. The lowest BCUT2D eigenvalue weighted by molar-refractivity contribution is -0.0445. The van der Waals surface area contributed by atoms with Crippen molar-refractivity contribution in [1.29, 1.82) is 0 Å². The lowest BCUT2D eigenvalue weighted by Crippen LogP contribution is -2.52. The summed E-state index contributed by atoms with van der Waals surface area (Å²) in [6, 6.07) is 0. The highest BCUT2D eigenvalue weighted by Crippen LogP contribution is 2.30. The van der Waals surface area contributed by atoms with Crippen molar-refractivity contribution >= 4 is 10.0 Å². The van der Waals surface area contributed by atoms with Crippen LogP contribution in [-0.2, 0) is 14.8 Å². The van der Waals surface area contributed by atoms with Crippen LogP contribution >= 0.6 is 0 Å². The first-order valence-corrected chi connectivity index (χ1v) is 8.31. The zero-order valence-corrected chi connectivity index (χ0v) is 11.8. The number of nitrogens with zero attached hydrogens (tertiary/aromatic N) is 1. The van der Waals surface area contributed by atoms with Gasteiger partial charge in [0, 0.05) is 32.5 Å². The monoisotopic (exact) mass is 284 g/mol. The van der Waals surface area contributed by atoms with Gasteiger partial charge in [-0.15, -0.1) is 0 Å². The molecule has 0 aromatic rings. The molecule has 2 aliphatic heterocycles. The molecule has 3 aliphatic rings. The highest BCUT2D eigenvalue weighted by Gasteiger charge is 2.41. The summed E-state index contributed by atoms with van der Waals surface area (Å²) in [5.41, 5.74) is -0.271. The highest BCUT2D eigenvalue weighted by atomic mass is 32.2. The summed E-state index contributed by atoms with van der Waals surface area (Å²) in [6.07, 6.45) is 8.46. The summed E-state index contributed by atoms with van der Waals surface area (Å²) in [5, 5.41) is 3.35. The molecule has 0 unspecified atom stereocenters. The van der Waals surface area contributed by atoms with Crippen molar-refractivity contribution < 1.29 is 13.2 Å². The summed E-state index contributed by atoms with van der Waals surface area (Å²) < 4.78 is 32.3. The maximum absolute atomic E-state index is 12.5. The predicted molar refractivity (Wildman–Crippen MR) is 72.9 cm³/mol. The van der Waals surface area contributed by atoms with E-state index in [-0.39, 0.29) is 5.72 Å². The van der Waals surface area contributed by atoms with Crippen LogP contribution in [0.5, 0.6) is 0 Å². The number of piperidine rings is 1. The predicted octanol–water partition coefficient (Wildman–Crippen LogP) is 0.962. The molecule has 0 radical (unpaired) electrons. The summed E-state index contributed by atoms with van der Waals surface area (Å²) >= 11 is 0. The number of ether oxygens (including phenoxy) is 1. The smallest absolute Gasteiger partial charge is 0.239 e.